The Hall–Kier alpha value is -0.0800. The predicted molar refractivity (Wildman–Crippen MR) is 52.7 cm³/mol. The van der Waals surface area contributed by atoms with Gasteiger partial charge in [0.15, 0.2) is 0 Å². The summed E-state index contributed by atoms with van der Waals surface area (Å²) in [6, 6.07) is 0.705. The first-order chi connectivity index (χ1) is 5.70. The molecule has 0 aromatic carbocycles. The fourth-order valence-electron chi connectivity index (χ4n) is 2.50. The third kappa shape index (κ3) is 1.80. The van der Waals surface area contributed by atoms with Crippen LogP contribution in [0.5, 0.6) is 0 Å². The monoisotopic (exact) mass is 170 g/mol. The lowest BCUT2D eigenvalue weighted by atomic mass is 9.72. The van der Waals surface area contributed by atoms with Crippen molar-refractivity contribution in [1.82, 2.24) is 0 Å². The zero-order valence-corrected chi connectivity index (χ0v) is 8.29. The fraction of sp³-hybridized carbons (Fsp3) is 1.00. The molecule has 1 aliphatic rings. The second-order valence-electron chi connectivity index (χ2n) is 4.06. The smallest absolute Gasteiger partial charge is 0.0110 e. The zero-order valence-electron chi connectivity index (χ0n) is 8.29. The summed E-state index contributed by atoms with van der Waals surface area (Å²) in [4.78, 5) is 0. The first kappa shape index (κ1) is 10.0. The summed E-state index contributed by atoms with van der Waals surface area (Å²) in [5.41, 5.74) is 12.2. The van der Waals surface area contributed by atoms with Crippen molar-refractivity contribution in [2.75, 3.05) is 0 Å². The number of rotatable bonds is 2. The van der Waals surface area contributed by atoms with Gasteiger partial charge in [-0.15, -0.1) is 0 Å². The minimum atomic E-state index is 0.351. The van der Waals surface area contributed by atoms with Gasteiger partial charge >= 0.3 is 0 Å². The van der Waals surface area contributed by atoms with E-state index < -0.39 is 0 Å². The Kier molecular flexibility index (Phi) is 3.53. The van der Waals surface area contributed by atoms with E-state index in [1.165, 1.54) is 19.3 Å². The van der Waals surface area contributed by atoms with Gasteiger partial charge in [0, 0.05) is 12.1 Å². The van der Waals surface area contributed by atoms with Gasteiger partial charge in [0.05, 0.1) is 0 Å². The van der Waals surface area contributed by atoms with Crippen molar-refractivity contribution in [3.05, 3.63) is 0 Å². The molecule has 72 valence electrons. The Bertz CT molecular complexity index is 136. The molecule has 4 atom stereocenters. The zero-order chi connectivity index (χ0) is 9.14. The molecule has 0 aliphatic heterocycles. The maximum absolute atomic E-state index is 6.15. The van der Waals surface area contributed by atoms with E-state index in [1.54, 1.807) is 0 Å². The quantitative estimate of drug-likeness (QED) is 0.659. The molecule has 0 saturated heterocycles. The van der Waals surface area contributed by atoms with Crippen LogP contribution in [0.15, 0.2) is 0 Å². The van der Waals surface area contributed by atoms with Crippen LogP contribution in [0.1, 0.15) is 39.5 Å². The van der Waals surface area contributed by atoms with Crippen molar-refractivity contribution in [2.24, 2.45) is 23.3 Å². The van der Waals surface area contributed by atoms with Crippen LogP contribution in [0.3, 0.4) is 0 Å². The lowest BCUT2D eigenvalue weighted by molar-refractivity contribution is 0.183. The van der Waals surface area contributed by atoms with Gasteiger partial charge in [0.1, 0.15) is 0 Å². The van der Waals surface area contributed by atoms with Crippen molar-refractivity contribution >= 4 is 0 Å². The maximum atomic E-state index is 6.15. The molecule has 1 rings (SSSR count). The Labute approximate surface area is 75.7 Å². The van der Waals surface area contributed by atoms with Crippen LogP contribution in [0.25, 0.3) is 0 Å². The lowest BCUT2D eigenvalue weighted by Gasteiger charge is -2.39. The Morgan fingerprint density at radius 3 is 2.25 bits per heavy atom. The van der Waals surface area contributed by atoms with Gasteiger partial charge in [-0.05, 0) is 24.7 Å². The SMILES string of the molecule is CCC1CCC(N)C(CC)C1N. The molecule has 0 spiro atoms. The van der Waals surface area contributed by atoms with Gasteiger partial charge in [-0.25, -0.2) is 0 Å². The van der Waals surface area contributed by atoms with Crippen LogP contribution in [-0.4, -0.2) is 12.1 Å². The third-order valence-electron chi connectivity index (χ3n) is 3.46. The highest BCUT2D eigenvalue weighted by molar-refractivity contribution is 4.90. The minimum absolute atomic E-state index is 0.351. The van der Waals surface area contributed by atoms with E-state index in [0.717, 1.165) is 12.3 Å². The topological polar surface area (TPSA) is 52.0 Å². The van der Waals surface area contributed by atoms with Crippen LogP contribution in [-0.2, 0) is 0 Å². The van der Waals surface area contributed by atoms with Crippen LogP contribution >= 0.6 is 0 Å². The third-order valence-corrected chi connectivity index (χ3v) is 3.46. The molecule has 1 fully saturated rings. The highest BCUT2D eigenvalue weighted by atomic mass is 14.8. The van der Waals surface area contributed by atoms with Crippen molar-refractivity contribution < 1.29 is 0 Å². The molecule has 1 saturated carbocycles. The van der Waals surface area contributed by atoms with Crippen molar-refractivity contribution in [2.45, 2.75) is 51.6 Å². The first-order valence-corrected chi connectivity index (χ1v) is 5.21. The molecular weight excluding hydrogens is 148 g/mol. The van der Waals surface area contributed by atoms with Crippen molar-refractivity contribution in [1.29, 1.82) is 0 Å². The van der Waals surface area contributed by atoms with Crippen LogP contribution in [0.2, 0.25) is 0 Å². The van der Waals surface area contributed by atoms with Gasteiger partial charge in [-0.1, -0.05) is 26.7 Å². The summed E-state index contributed by atoms with van der Waals surface area (Å²) >= 11 is 0. The van der Waals surface area contributed by atoms with Crippen molar-refractivity contribution in [3.63, 3.8) is 0 Å². The van der Waals surface area contributed by atoms with Crippen LogP contribution in [0, 0.1) is 11.8 Å². The molecule has 4 unspecified atom stereocenters. The summed E-state index contributed by atoms with van der Waals surface area (Å²) in [6.45, 7) is 4.43. The molecule has 0 heterocycles. The number of hydrogen-bond acceptors (Lipinski definition) is 2. The second kappa shape index (κ2) is 4.24. The van der Waals surface area contributed by atoms with Crippen LogP contribution < -0.4 is 11.5 Å². The predicted octanol–water partition coefficient (Wildman–Crippen LogP) is 1.49. The van der Waals surface area contributed by atoms with E-state index in [-0.39, 0.29) is 0 Å². The van der Waals surface area contributed by atoms with Gasteiger partial charge < -0.3 is 11.5 Å². The summed E-state index contributed by atoms with van der Waals surface area (Å²) in [5.74, 6) is 1.28. The molecule has 2 heteroatoms. The maximum Gasteiger partial charge on any atom is 0.0110 e. The molecule has 12 heavy (non-hydrogen) atoms. The molecule has 2 nitrogen and oxygen atoms in total. The van der Waals surface area contributed by atoms with E-state index in [1.807, 2.05) is 0 Å². The average molecular weight is 170 g/mol. The Morgan fingerprint density at radius 2 is 1.75 bits per heavy atom. The molecular formula is C10H22N2. The molecule has 4 N–H and O–H groups in total. The molecule has 0 aromatic rings. The largest absolute Gasteiger partial charge is 0.327 e. The van der Waals surface area contributed by atoms with Gasteiger partial charge in [-0.3, -0.25) is 0 Å². The summed E-state index contributed by atoms with van der Waals surface area (Å²) in [5, 5.41) is 0. The Morgan fingerprint density at radius 1 is 1.08 bits per heavy atom. The molecule has 0 amide bonds. The second-order valence-corrected chi connectivity index (χ2v) is 4.06. The van der Waals surface area contributed by atoms with E-state index in [0.29, 0.717) is 18.0 Å². The lowest BCUT2D eigenvalue weighted by Crippen LogP contribution is -2.50. The molecule has 0 aromatic heterocycles. The average Bonchev–Trinajstić information content (AvgIpc) is 2.06. The van der Waals surface area contributed by atoms with Gasteiger partial charge in [-0.2, -0.15) is 0 Å². The van der Waals surface area contributed by atoms with Gasteiger partial charge in [0.2, 0.25) is 0 Å². The standard InChI is InChI=1S/C10H22N2/c1-3-7-5-6-9(11)8(4-2)10(7)12/h7-10H,3-6,11-12H2,1-2H3. The highest BCUT2D eigenvalue weighted by Crippen LogP contribution is 2.31. The Balaban J connectivity index is 2.56. The minimum Gasteiger partial charge on any atom is -0.327 e. The van der Waals surface area contributed by atoms with Gasteiger partial charge in [0.25, 0.3) is 0 Å². The van der Waals surface area contributed by atoms with Crippen molar-refractivity contribution in [3.8, 4) is 0 Å². The van der Waals surface area contributed by atoms with E-state index in [4.69, 9.17) is 11.5 Å². The van der Waals surface area contributed by atoms with E-state index >= 15 is 0 Å². The summed E-state index contributed by atoms with van der Waals surface area (Å²) < 4.78 is 0. The summed E-state index contributed by atoms with van der Waals surface area (Å²) in [7, 11) is 0. The van der Waals surface area contributed by atoms with Crippen LogP contribution in [0.4, 0.5) is 0 Å². The molecule has 1 aliphatic carbocycles. The number of hydrogen-bond donors (Lipinski definition) is 2. The first-order valence-electron chi connectivity index (χ1n) is 5.21. The van der Waals surface area contributed by atoms with E-state index in [2.05, 4.69) is 13.8 Å². The van der Waals surface area contributed by atoms with E-state index in [9.17, 15) is 0 Å². The fourth-order valence-corrected chi connectivity index (χ4v) is 2.50. The normalized spacial score (nSPS) is 43.0. The summed E-state index contributed by atoms with van der Waals surface area (Å²) in [6.07, 6.45) is 4.75. The highest BCUT2D eigenvalue weighted by Gasteiger charge is 2.33. The molecule has 0 radical (unpaired) electrons. The number of nitrogens with two attached hydrogens (primary N) is 2. The molecule has 0 bridgehead atoms.